The van der Waals surface area contributed by atoms with E-state index in [1.807, 2.05) is 37.3 Å². The van der Waals surface area contributed by atoms with Crippen molar-refractivity contribution in [2.45, 2.75) is 13.5 Å². The third kappa shape index (κ3) is 2.13. The highest BCUT2D eigenvalue weighted by Gasteiger charge is 2.06. The normalized spacial score (nSPS) is 10.7. The minimum atomic E-state index is 0.142. The highest BCUT2D eigenvalue weighted by Crippen LogP contribution is 2.24. The highest BCUT2D eigenvalue weighted by molar-refractivity contribution is 6.30. The van der Waals surface area contributed by atoms with Gasteiger partial charge in [0.25, 0.3) is 0 Å². The molecule has 0 bridgehead atoms. The van der Waals surface area contributed by atoms with Gasteiger partial charge in [-0.05, 0) is 36.8 Å². The Bertz CT molecular complexity index is 490. The van der Waals surface area contributed by atoms with E-state index in [1.165, 1.54) is 0 Å². The Labute approximate surface area is 100 Å². The van der Waals surface area contributed by atoms with E-state index in [9.17, 15) is 0 Å². The molecule has 0 aliphatic rings. The molecule has 0 aliphatic carbocycles. The van der Waals surface area contributed by atoms with Crippen LogP contribution in [0.1, 0.15) is 5.69 Å². The molecule has 3 heteroatoms. The monoisotopic (exact) mass is 235 g/mol. The second kappa shape index (κ2) is 4.73. The second-order valence-electron chi connectivity index (χ2n) is 3.75. The third-order valence-corrected chi connectivity index (χ3v) is 2.88. The van der Waals surface area contributed by atoms with Gasteiger partial charge in [0.15, 0.2) is 0 Å². The minimum absolute atomic E-state index is 0.142. The summed E-state index contributed by atoms with van der Waals surface area (Å²) in [4.78, 5) is 0. The molecule has 1 aromatic heterocycles. The SMILES string of the molecule is Cc1ccc(-c2cccc(Cl)c2)n1CCO. The summed E-state index contributed by atoms with van der Waals surface area (Å²) in [5.41, 5.74) is 3.31. The van der Waals surface area contributed by atoms with Crippen LogP contribution in [0.15, 0.2) is 36.4 Å². The maximum atomic E-state index is 9.04. The van der Waals surface area contributed by atoms with Gasteiger partial charge in [0, 0.05) is 23.0 Å². The Balaban J connectivity index is 2.47. The maximum absolute atomic E-state index is 9.04. The second-order valence-corrected chi connectivity index (χ2v) is 4.18. The number of hydrogen-bond acceptors (Lipinski definition) is 1. The van der Waals surface area contributed by atoms with Crippen molar-refractivity contribution in [1.29, 1.82) is 0 Å². The van der Waals surface area contributed by atoms with E-state index in [1.54, 1.807) is 0 Å². The van der Waals surface area contributed by atoms with Gasteiger partial charge in [0.05, 0.1) is 6.61 Å². The number of benzene rings is 1. The molecule has 2 aromatic rings. The van der Waals surface area contributed by atoms with Crippen LogP contribution in [0.3, 0.4) is 0 Å². The molecule has 0 fully saturated rings. The topological polar surface area (TPSA) is 25.2 Å². The van der Waals surface area contributed by atoms with Gasteiger partial charge in [-0.3, -0.25) is 0 Å². The number of aliphatic hydroxyl groups is 1. The lowest BCUT2D eigenvalue weighted by atomic mass is 10.1. The van der Waals surface area contributed by atoms with Gasteiger partial charge in [-0.25, -0.2) is 0 Å². The summed E-state index contributed by atoms with van der Waals surface area (Å²) in [6, 6.07) is 11.8. The first-order valence-electron chi connectivity index (χ1n) is 5.25. The molecule has 16 heavy (non-hydrogen) atoms. The van der Waals surface area contributed by atoms with E-state index in [0.29, 0.717) is 6.54 Å². The molecule has 1 N–H and O–H groups in total. The zero-order valence-corrected chi connectivity index (χ0v) is 9.91. The van der Waals surface area contributed by atoms with Gasteiger partial charge in [0.1, 0.15) is 0 Å². The van der Waals surface area contributed by atoms with Crippen molar-refractivity contribution in [3.63, 3.8) is 0 Å². The van der Waals surface area contributed by atoms with E-state index in [0.717, 1.165) is 22.0 Å². The highest BCUT2D eigenvalue weighted by atomic mass is 35.5. The van der Waals surface area contributed by atoms with Crippen molar-refractivity contribution >= 4 is 11.6 Å². The van der Waals surface area contributed by atoms with Crippen LogP contribution in [0, 0.1) is 6.92 Å². The lowest BCUT2D eigenvalue weighted by molar-refractivity contribution is 0.276. The number of hydrogen-bond donors (Lipinski definition) is 1. The summed E-state index contributed by atoms with van der Waals surface area (Å²) in [6.07, 6.45) is 0. The molecule has 2 rings (SSSR count). The van der Waals surface area contributed by atoms with Gasteiger partial charge >= 0.3 is 0 Å². The van der Waals surface area contributed by atoms with E-state index in [-0.39, 0.29) is 6.61 Å². The van der Waals surface area contributed by atoms with E-state index in [2.05, 4.69) is 10.6 Å². The molecule has 0 atom stereocenters. The molecule has 0 unspecified atom stereocenters. The van der Waals surface area contributed by atoms with Crippen LogP contribution in [0.2, 0.25) is 5.02 Å². The van der Waals surface area contributed by atoms with Crippen LogP contribution in [0.25, 0.3) is 11.3 Å². The fraction of sp³-hybridized carbons (Fsp3) is 0.231. The van der Waals surface area contributed by atoms with Crippen molar-refractivity contribution < 1.29 is 5.11 Å². The Hall–Kier alpha value is -1.25. The fourth-order valence-corrected chi connectivity index (χ4v) is 2.06. The summed E-state index contributed by atoms with van der Waals surface area (Å²) in [7, 11) is 0. The zero-order chi connectivity index (χ0) is 11.5. The van der Waals surface area contributed by atoms with Gasteiger partial charge in [-0.15, -0.1) is 0 Å². The number of aromatic nitrogens is 1. The number of aliphatic hydroxyl groups excluding tert-OH is 1. The standard InChI is InChI=1S/C13H14ClNO/c1-10-5-6-13(15(10)7-8-16)11-3-2-4-12(14)9-11/h2-6,9,16H,7-8H2,1H3. The summed E-state index contributed by atoms with van der Waals surface area (Å²) in [5, 5.41) is 9.77. The smallest absolute Gasteiger partial charge is 0.0610 e. The molecular weight excluding hydrogens is 222 g/mol. The molecule has 84 valence electrons. The van der Waals surface area contributed by atoms with E-state index in [4.69, 9.17) is 16.7 Å². The first-order valence-corrected chi connectivity index (χ1v) is 5.63. The largest absolute Gasteiger partial charge is 0.395 e. The zero-order valence-electron chi connectivity index (χ0n) is 9.15. The maximum Gasteiger partial charge on any atom is 0.0610 e. The Morgan fingerprint density at radius 2 is 2.06 bits per heavy atom. The fourth-order valence-electron chi connectivity index (χ4n) is 1.87. The van der Waals surface area contributed by atoms with Crippen LogP contribution < -0.4 is 0 Å². The Morgan fingerprint density at radius 1 is 1.25 bits per heavy atom. The summed E-state index contributed by atoms with van der Waals surface area (Å²) in [6.45, 7) is 2.79. The van der Waals surface area contributed by atoms with Gasteiger partial charge < -0.3 is 9.67 Å². The molecule has 0 amide bonds. The number of halogens is 1. The molecular formula is C13H14ClNO. The van der Waals surface area contributed by atoms with Crippen LogP contribution in [-0.4, -0.2) is 16.3 Å². The third-order valence-electron chi connectivity index (χ3n) is 2.64. The van der Waals surface area contributed by atoms with E-state index < -0.39 is 0 Å². The predicted molar refractivity (Wildman–Crippen MR) is 66.7 cm³/mol. The number of rotatable bonds is 3. The lowest BCUT2D eigenvalue weighted by Gasteiger charge is -2.10. The molecule has 0 saturated heterocycles. The van der Waals surface area contributed by atoms with Crippen LogP contribution in [0.4, 0.5) is 0 Å². The average Bonchev–Trinajstić information content (AvgIpc) is 2.61. The molecule has 0 radical (unpaired) electrons. The van der Waals surface area contributed by atoms with Gasteiger partial charge in [-0.2, -0.15) is 0 Å². The Kier molecular flexibility index (Phi) is 3.32. The molecule has 1 aromatic carbocycles. The van der Waals surface area contributed by atoms with Crippen LogP contribution >= 0.6 is 11.6 Å². The lowest BCUT2D eigenvalue weighted by Crippen LogP contribution is -2.05. The van der Waals surface area contributed by atoms with Crippen molar-refractivity contribution in [2.24, 2.45) is 0 Å². The molecule has 2 nitrogen and oxygen atoms in total. The summed E-state index contributed by atoms with van der Waals surface area (Å²) in [5.74, 6) is 0. The number of nitrogens with zero attached hydrogens (tertiary/aromatic N) is 1. The van der Waals surface area contributed by atoms with Crippen LogP contribution in [-0.2, 0) is 6.54 Å². The van der Waals surface area contributed by atoms with Crippen molar-refractivity contribution in [1.82, 2.24) is 4.57 Å². The van der Waals surface area contributed by atoms with Crippen molar-refractivity contribution in [2.75, 3.05) is 6.61 Å². The van der Waals surface area contributed by atoms with Gasteiger partial charge in [0.2, 0.25) is 0 Å². The first-order chi connectivity index (χ1) is 7.72. The molecule has 1 heterocycles. The minimum Gasteiger partial charge on any atom is -0.395 e. The van der Waals surface area contributed by atoms with E-state index >= 15 is 0 Å². The molecule has 0 spiro atoms. The summed E-state index contributed by atoms with van der Waals surface area (Å²) >= 11 is 5.97. The summed E-state index contributed by atoms with van der Waals surface area (Å²) < 4.78 is 2.09. The van der Waals surface area contributed by atoms with Crippen molar-refractivity contribution in [3.05, 3.63) is 47.1 Å². The Morgan fingerprint density at radius 3 is 2.75 bits per heavy atom. The van der Waals surface area contributed by atoms with Crippen molar-refractivity contribution in [3.8, 4) is 11.3 Å². The van der Waals surface area contributed by atoms with Crippen LogP contribution in [0.5, 0.6) is 0 Å². The first kappa shape index (κ1) is 11.2. The quantitative estimate of drug-likeness (QED) is 0.869. The molecule has 0 saturated carbocycles. The average molecular weight is 236 g/mol. The number of aryl methyl sites for hydroxylation is 1. The molecule has 0 aliphatic heterocycles. The predicted octanol–water partition coefficient (Wildman–Crippen LogP) is 3.11. The van der Waals surface area contributed by atoms with Gasteiger partial charge in [-0.1, -0.05) is 23.7 Å².